The first-order valence-electron chi connectivity index (χ1n) is 11.9. The molecule has 5 nitrogen and oxygen atoms in total. The number of esters is 1. The van der Waals surface area contributed by atoms with Gasteiger partial charge < -0.3 is 14.8 Å². The Balaban J connectivity index is 1.58. The van der Waals surface area contributed by atoms with E-state index >= 15 is 0 Å². The SMILES string of the molecule is COC(=O)c1c(NC(=O)CCCOc2ccc(C(C)C)cc2)sc2c1CCC(C(C)(C)C)C2. The van der Waals surface area contributed by atoms with E-state index in [4.69, 9.17) is 9.47 Å². The minimum Gasteiger partial charge on any atom is -0.494 e. The molecule has 0 spiro atoms. The van der Waals surface area contributed by atoms with Crippen LogP contribution in [-0.4, -0.2) is 25.6 Å². The van der Waals surface area contributed by atoms with Gasteiger partial charge in [-0.3, -0.25) is 4.79 Å². The molecular weight excluding hydrogens is 434 g/mol. The molecule has 1 aliphatic carbocycles. The molecule has 0 bridgehead atoms. The van der Waals surface area contributed by atoms with E-state index in [-0.39, 0.29) is 17.3 Å². The number of hydrogen-bond donors (Lipinski definition) is 1. The molecule has 3 rings (SSSR count). The van der Waals surface area contributed by atoms with Crippen LogP contribution in [0.25, 0.3) is 0 Å². The summed E-state index contributed by atoms with van der Waals surface area (Å²) >= 11 is 1.53. The van der Waals surface area contributed by atoms with Crippen LogP contribution < -0.4 is 10.1 Å². The number of amides is 1. The van der Waals surface area contributed by atoms with Gasteiger partial charge >= 0.3 is 5.97 Å². The molecule has 0 saturated heterocycles. The Hall–Kier alpha value is -2.34. The summed E-state index contributed by atoms with van der Waals surface area (Å²) < 4.78 is 10.8. The van der Waals surface area contributed by atoms with Crippen molar-refractivity contribution in [2.75, 3.05) is 19.0 Å². The second kappa shape index (κ2) is 10.7. The number of fused-ring (bicyclic) bond motifs is 1. The summed E-state index contributed by atoms with van der Waals surface area (Å²) in [6.45, 7) is 11.6. The Morgan fingerprint density at radius 3 is 2.48 bits per heavy atom. The summed E-state index contributed by atoms with van der Waals surface area (Å²) in [7, 11) is 1.39. The third kappa shape index (κ3) is 6.38. The molecular formula is C27H37NO4S. The Labute approximate surface area is 201 Å². The van der Waals surface area contributed by atoms with Crippen molar-refractivity contribution >= 4 is 28.2 Å². The van der Waals surface area contributed by atoms with Crippen LogP contribution in [0.2, 0.25) is 0 Å². The molecule has 33 heavy (non-hydrogen) atoms. The van der Waals surface area contributed by atoms with Gasteiger partial charge in [-0.05, 0) is 66.2 Å². The number of ether oxygens (including phenoxy) is 2. The maximum absolute atomic E-state index is 12.6. The number of carbonyl (C=O) groups is 2. The van der Waals surface area contributed by atoms with E-state index in [1.807, 2.05) is 12.1 Å². The van der Waals surface area contributed by atoms with E-state index in [0.29, 0.717) is 41.8 Å². The summed E-state index contributed by atoms with van der Waals surface area (Å²) in [5, 5.41) is 3.60. The van der Waals surface area contributed by atoms with E-state index in [1.54, 1.807) is 0 Å². The van der Waals surface area contributed by atoms with Gasteiger partial charge in [0, 0.05) is 11.3 Å². The topological polar surface area (TPSA) is 64.6 Å². The highest BCUT2D eigenvalue weighted by molar-refractivity contribution is 7.17. The first-order valence-corrected chi connectivity index (χ1v) is 12.7. The van der Waals surface area contributed by atoms with Gasteiger partial charge in [0.15, 0.2) is 0 Å². The lowest BCUT2D eigenvalue weighted by Crippen LogP contribution is -2.26. The van der Waals surface area contributed by atoms with Crippen LogP contribution in [0.3, 0.4) is 0 Å². The zero-order valence-electron chi connectivity index (χ0n) is 20.7. The van der Waals surface area contributed by atoms with Crippen molar-refractivity contribution in [2.45, 2.75) is 72.6 Å². The Morgan fingerprint density at radius 1 is 1.18 bits per heavy atom. The quantitative estimate of drug-likeness (QED) is 0.348. The molecule has 0 aliphatic heterocycles. The van der Waals surface area contributed by atoms with E-state index in [1.165, 1.54) is 28.9 Å². The highest BCUT2D eigenvalue weighted by Crippen LogP contribution is 2.44. The van der Waals surface area contributed by atoms with Gasteiger partial charge in [-0.15, -0.1) is 11.3 Å². The molecule has 1 atom stereocenters. The van der Waals surface area contributed by atoms with Crippen molar-refractivity contribution in [3.05, 3.63) is 45.8 Å². The molecule has 0 radical (unpaired) electrons. The standard InChI is InChI=1S/C27H37NO4S/c1-17(2)18-9-12-20(13-10-18)32-15-7-8-23(29)28-25-24(26(30)31-6)21-14-11-19(27(3,4)5)16-22(21)33-25/h9-10,12-13,17,19H,7-8,11,14-16H2,1-6H3,(H,28,29). The minimum absolute atomic E-state index is 0.107. The molecule has 0 saturated carbocycles. The Kier molecular flexibility index (Phi) is 8.22. The molecule has 6 heteroatoms. The van der Waals surface area contributed by atoms with Crippen molar-refractivity contribution in [3.63, 3.8) is 0 Å². The van der Waals surface area contributed by atoms with Crippen LogP contribution in [0.15, 0.2) is 24.3 Å². The van der Waals surface area contributed by atoms with Crippen molar-refractivity contribution in [1.82, 2.24) is 0 Å². The largest absolute Gasteiger partial charge is 0.494 e. The highest BCUT2D eigenvalue weighted by Gasteiger charge is 2.34. The summed E-state index contributed by atoms with van der Waals surface area (Å²) in [6, 6.07) is 8.09. The monoisotopic (exact) mass is 471 g/mol. The molecule has 2 aromatic rings. The van der Waals surface area contributed by atoms with Gasteiger partial charge in [-0.1, -0.05) is 46.8 Å². The molecule has 1 aromatic heterocycles. The van der Waals surface area contributed by atoms with E-state index in [0.717, 1.165) is 30.6 Å². The normalized spacial score (nSPS) is 15.8. The smallest absolute Gasteiger partial charge is 0.341 e. The van der Waals surface area contributed by atoms with Gasteiger partial charge in [0.05, 0.1) is 19.3 Å². The predicted octanol–water partition coefficient (Wildman–Crippen LogP) is 6.61. The lowest BCUT2D eigenvalue weighted by molar-refractivity contribution is -0.116. The molecule has 1 N–H and O–H groups in total. The van der Waals surface area contributed by atoms with Crippen LogP contribution in [-0.2, 0) is 22.4 Å². The van der Waals surface area contributed by atoms with E-state index < -0.39 is 0 Å². The fraction of sp³-hybridized carbons (Fsp3) is 0.556. The molecule has 1 amide bonds. The average Bonchev–Trinajstić information content (AvgIpc) is 3.12. The number of benzene rings is 1. The number of carbonyl (C=O) groups excluding carboxylic acids is 2. The molecule has 1 unspecified atom stereocenters. The number of methoxy groups -OCH3 is 1. The second-order valence-electron chi connectivity index (χ2n) is 10.2. The molecule has 1 aromatic carbocycles. The number of rotatable bonds is 8. The highest BCUT2D eigenvalue weighted by atomic mass is 32.1. The fourth-order valence-corrected chi connectivity index (χ4v) is 5.62. The average molecular weight is 472 g/mol. The van der Waals surface area contributed by atoms with E-state index in [2.05, 4.69) is 52.1 Å². The molecule has 1 heterocycles. The van der Waals surface area contributed by atoms with Crippen LogP contribution in [0.1, 0.15) is 86.2 Å². The molecule has 1 aliphatic rings. The Bertz CT molecular complexity index is 969. The second-order valence-corrected chi connectivity index (χ2v) is 11.3. The first-order chi connectivity index (χ1) is 15.6. The van der Waals surface area contributed by atoms with Crippen molar-refractivity contribution in [2.24, 2.45) is 11.3 Å². The van der Waals surface area contributed by atoms with Crippen molar-refractivity contribution in [3.8, 4) is 5.75 Å². The number of anilines is 1. The maximum atomic E-state index is 12.6. The van der Waals surface area contributed by atoms with Gasteiger partial charge in [0.1, 0.15) is 10.8 Å². The van der Waals surface area contributed by atoms with Crippen molar-refractivity contribution in [1.29, 1.82) is 0 Å². The van der Waals surface area contributed by atoms with Crippen LogP contribution in [0, 0.1) is 11.3 Å². The van der Waals surface area contributed by atoms with Crippen molar-refractivity contribution < 1.29 is 19.1 Å². The summed E-state index contributed by atoms with van der Waals surface area (Å²) in [5.41, 5.74) is 3.08. The fourth-order valence-electron chi connectivity index (χ4n) is 4.29. The maximum Gasteiger partial charge on any atom is 0.341 e. The number of thiophene rings is 1. The number of hydrogen-bond acceptors (Lipinski definition) is 5. The molecule has 180 valence electrons. The number of nitrogens with one attached hydrogen (secondary N) is 1. The van der Waals surface area contributed by atoms with Crippen LogP contribution in [0.5, 0.6) is 5.75 Å². The first kappa shape index (κ1) is 25.3. The zero-order chi connectivity index (χ0) is 24.2. The van der Waals surface area contributed by atoms with Crippen LogP contribution >= 0.6 is 11.3 Å². The summed E-state index contributed by atoms with van der Waals surface area (Å²) in [5.74, 6) is 1.38. The van der Waals surface area contributed by atoms with Gasteiger partial charge in [0.2, 0.25) is 5.91 Å². The Morgan fingerprint density at radius 2 is 1.88 bits per heavy atom. The molecule has 0 fully saturated rings. The minimum atomic E-state index is -0.370. The van der Waals surface area contributed by atoms with Gasteiger partial charge in [0.25, 0.3) is 0 Å². The van der Waals surface area contributed by atoms with Gasteiger partial charge in [-0.25, -0.2) is 4.79 Å². The zero-order valence-corrected chi connectivity index (χ0v) is 21.6. The lowest BCUT2D eigenvalue weighted by Gasteiger charge is -2.33. The lowest BCUT2D eigenvalue weighted by atomic mass is 9.72. The summed E-state index contributed by atoms with van der Waals surface area (Å²) in [4.78, 5) is 26.4. The van der Waals surface area contributed by atoms with E-state index in [9.17, 15) is 9.59 Å². The van der Waals surface area contributed by atoms with Crippen LogP contribution in [0.4, 0.5) is 5.00 Å². The predicted molar refractivity (Wildman–Crippen MR) is 135 cm³/mol. The third-order valence-electron chi connectivity index (χ3n) is 6.50. The third-order valence-corrected chi connectivity index (χ3v) is 7.67. The van der Waals surface area contributed by atoms with Gasteiger partial charge in [-0.2, -0.15) is 0 Å². The summed E-state index contributed by atoms with van der Waals surface area (Å²) in [6.07, 6.45) is 3.75.